The van der Waals surface area contributed by atoms with Crippen LogP contribution in [-0.2, 0) is 16.1 Å². The van der Waals surface area contributed by atoms with E-state index in [2.05, 4.69) is 4.98 Å². The molecule has 1 atom stereocenters. The molecule has 0 aliphatic heterocycles. The van der Waals surface area contributed by atoms with Gasteiger partial charge >= 0.3 is 5.97 Å². The molecule has 3 rings (SSSR count). The largest absolute Gasteiger partial charge is 0.479 e. The molecule has 0 radical (unpaired) electrons. The van der Waals surface area contributed by atoms with Gasteiger partial charge in [-0.25, -0.2) is 9.78 Å². The molecule has 0 fully saturated rings. The van der Waals surface area contributed by atoms with E-state index in [9.17, 15) is 9.59 Å². The van der Waals surface area contributed by atoms with E-state index in [0.29, 0.717) is 16.4 Å². The number of carbonyl (C=O) groups excluding carboxylic acids is 1. The summed E-state index contributed by atoms with van der Waals surface area (Å²) in [6, 6.07) is 10.4. The average Bonchev–Trinajstić information content (AvgIpc) is 2.94. The van der Waals surface area contributed by atoms with Crippen LogP contribution in [0.3, 0.4) is 0 Å². The number of hydrogen-bond donors (Lipinski definition) is 0. The second-order valence-corrected chi connectivity index (χ2v) is 6.47. The smallest absolute Gasteiger partial charge is 0.347 e. The lowest BCUT2D eigenvalue weighted by Crippen LogP contribution is -2.26. The first-order valence-electron chi connectivity index (χ1n) is 7.40. The van der Waals surface area contributed by atoms with E-state index in [4.69, 9.17) is 9.47 Å². The molecule has 0 bridgehead atoms. The maximum absolute atomic E-state index is 12.0. The SMILES string of the molecule is Cc1cn2c(=O)cc(COC(=O)C(C)Oc3ccccc3)nc2s1. The predicted octanol–water partition coefficient (Wildman–Crippen LogP) is 2.58. The zero-order valence-corrected chi connectivity index (χ0v) is 14.1. The first-order chi connectivity index (χ1) is 11.5. The fourth-order valence-corrected chi connectivity index (χ4v) is 3.00. The molecule has 3 aromatic rings. The molecule has 6 nitrogen and oxygen atoms in total. The molecule has 124 valence electrons. The fraction of sp³-hybridized carbons (Fsp3) is 0.235. The van der Waals surface area contributed by atoms with Crippen LogP contribution in [0.4, 0.5) is 0 Å². The van der Waals surface area contributed by atoms with Crippen molar-refractivity contribution < 1.29 is 14.3 Å². The summed E-state index contributed by atoms with van der Waals surface area (Å²) in [6.45, 7) is 3.45. The number of thiazole rings is 1. The van der Waals surface area contributed by atoms with Crippen LogP contribution >= 0.6 is 11.3 Å². The minimum absolute atomic E-state index is 0.0655. The van der Waals surface area contributed by atoms with Crippen molar-refractivity contribution in [3.63, 3.8) is 0 Å². The van der Waals surface area contributed by atoms with Crippen LogP contribution in [0.15, 0.2) is 47.4 Å². The monoisotopic (exact) mass is 344 g/mol. The van der Waals surface area contributed by atoms with Crippen molar-refractivity contribution in [1.82, 2.24) is 9.38 Å². The molecule has 0 saturated carbocycles. The van der Waals surface area contributed by atoms with Crippen LogP contribution in [0.5, 0.6) is 5.75 Å². The van der Waals surface area contributed by atoms with E-state index >= 15 is 0 Å². The Hall–Kier alpha value is -2.67. The van der Waals surface area contributed by atoms with Gasteiger partial charge in [0.15, 0.2) is 11.1 Å². The number of ether oxygens (including phenoxy) is 2. The Kier molecular flexibility index (Phi) is 4.61. The van der Waals surface area contributed by atoms with E-state index in [1.54, 1.807) is 25.3 Å². The first-order valence-corrected chi connectivity index (χ1v) is 8.21. The van der Waals surface area contributed by atoms with Gasteiger partial charge in [0.25, 0.3) is 5.56 Å². The maximum atomic E-state index is 12.0. The third-order valence-corrected chi connectivity index (χ3v) is 4.18. The van der Waals surface area contributed by atoms with Crippen molar-refractivity contribution in [3.8, 4) is 5.75 Å². The van der Waals surface area contributed by atoms with Crippen molar-refractivity contribution in [2.45, 2.75) is 26.6 Å². The normalized spacial score (nSPS) is 12.1. The Bertz CT molecular complexity index is 917. The van der Waals surface area contributed by atoms with Crippen LogP contribution in [-0.4, -0.2) is 21.5 Å². The van der Waals surface area contributed by atoms with E-state index in [-0.39, 0.29) is 12.2 Å². The predicted molar refractivity (Wildman–Crippen MR) is 90.4 cm³/mol. The van der Waals surface area contributed by atoms with Crippen LogP contribution < -0.4 is 10.3 Å². The lowest BCUT2D eigenvalue weighted by molar-refractivity contribution is -0.152. The lowest BCUT2D eigenvalue weighted by Gasteiger charge is -2.13. The van der Waals surface area contributed by atoms with Crippen molar-refractivity contribution in [3.05, 3.63) is 63.5 Å². The third-order valence-electron chi connectivity index (χ3n) is 3.29. The number of benzene rings is 1. The summed E-state index contributed by atoms with van der Waals surface area (Å²) in [6.07, 6.45) is 0.988. The number of esters is 1. The van der Waals surface area contributed by atoms with Gasteiger partial charge in [-0.2, -0.15) is 0 Å². The highest BCUT2D eigenvalue weighted by atomic mass is 32.1. The number of carbonyl (C=O) groups is 1. The van der Waals surface area contributed by atoms with Crippen molar-refractivity contribution in [1.29, 1.82) is 0 Å². The van der Waals surface area contributed by atoms with Crippen molar-refractivity contribution >= 4 is 22.3 Å². The molecule has 0 aliphatic carbocycles. The zero-order chi connectivity index (χ0) is 17.1. The molecule has 0 N–H and O–H groups in total. The number of fused-ring (bicyclic) bond motifs is 1. The van der Waals surface area contributed by atoms with E-state index in [1.807, 2.05) is 25.1 Å². The highest BCUT2D eigenvalue weighted by Crippen LogP contribution is 2.14. The fourth-order valence-electron chi connectivity index (χ4n) is 2.15. The highest BCUT2D eigenvalue weighted by Gasteiger charge is 2.17. The number of aryl methyl sites for hydroxylation is 1. The van der Waals surface area contributed by atoms with E-state index in [0.717, 1.165) is 4.88 Å². The molecule has 1 unspecified atom stereocenters. The van der Waals surface area contributed by atoms with Gasteiger partial charge in [0.05, 0.1) is 5.69 Å². The summed E-state index contributed by atoms with van der Waals surface area (Å²) in [7, 11) is 0. The number of para-hydroxylation sites is 1. The second-order valence-electron chi connectivity index (χ2n) is 5.26. The molecule has 0 spiro atoms. The molecule has 0 amide bonds. The molecular formula is C17H16N2O4S. The van der Waals surface area contributed by atoms with Gasteiger partial charge in [0.1, 0.15) is 12.4 Å². The Labute approximate surface area is 142 Å². The highest BCUT2D eigenvalue weighted by molar-refractivity contribution is 7.16. The average molecular weight is 344 g/mol. The van der Waals surface area contributed by atoms with Crippen molar-refractivity contribution in [2.75, 3.05) is 0 Å². The van der Waals surface area contributed by atoms with Gasteiger partial charge < -0.3 is 9.47 Å². The van der Waals surface area contributed by atoms with Gasteiger partial charge in [0, 0.05) is 17.1 Å². The Morgan fingerprint density at radius 1 is 1.33 bits per heavy atom. The zero-order valence-electron chi connectivity index (χ0n) is 13.3. The molecule has 7 heteroatoms. The van der Waals surface area contributed by atoms with Gasteiger partial charge in [-0.05, 0) is 26.0 Å². The number of aromatic nitrogens is 2. The molecular weight excluding hydrogens is 328 g/mol. The molecule has 24 heavy (non-hydrogen) atoms. The molecule has 1 aromatic carbocycles. The standard InChI is InChI=1S/C17H16N2O4S/c1-11-9-19-15(20)8-13(18-17(19)24-11)10-22-16(21)12(2)23-14-6-4-3-5-7-14/h3-9,12H,10H2,1-2H3. The van der Waals surface area contributed by atoms with E-state index in [1.165, 1.54) is 21.8 Å². The van der Waals surface area contributed by atoms with Crippen LogP contribution in [0.25, 0.3) is 4.96 Å². The van der Waals surface area contributed by atoms with E-state index < -0.39 is 12.1 Å². The number of nitrogens with zero attached hydrogens (tertiary/aromatic N) is 2. The van der Waals surface area contributed by atoms with Gasteiger partial charge in [-0.1, -0.05) is 18.2 Å². The summed E-state index contributed by atoms with van der Waals surface area (Å²) in [5.74, 6) is 0.0806. The minimum Gasteiger partial charge on any atom is -0.479 e. The Morgan fingerprint density at radius 2 is 2.08 bits per heavy atom. The third kappa shape index (κ3) is 3.62. The second kappa shape index (κ2) is 6.84. The van der Waals surface area contributed by atoms with Gasteiger partial charge in [-0.15, -0.1) is 11.3 Å². The van der Waals surface area contributed by atoms with Crippen LogP contribution in [0.2, 0.25) is 0 Å². The summed E-state index contributed by atoms with van der Waals surface area (Å²) in [5.41, 5.74) is 0.228. The number of hydrogen-bond acceptors (Lipinski definition) is 6. The number of rotatable bonds is 5. The maximum Gasteiger partial charge on any atom is 0.347 e. The minimum atomic E-state index is -0.749. The summed E-state index contributed by atoms with van der Waals surface area (Å²) < 4.78 is 12.2. The van der Waals surface area contributed by atoms with Gasteiger partial charge in [0.2, 0.25) is 0 Å². The lowest BCUT2D eigenvalue weighted by atomic mass is 10.3. The summed E-state index contributed by atoms with van der Waals surface area (Å²) in [5, 5.41) is 0. The Balaban J connectivity index is 1.64. The van der Waals surface area contributed by atoms with Crippen LogP contribution in [0.1, 0.15) is 17.5 Å². The van der Waals surface area contributed by atoms with Crippen LogP contribution in [0, 0.1) is 6.92 Å². The van der Waals surface area contributed by atoms with Gasteiger partial charge in [-0.3, -0.25) is 9.20 Å². The first kappa shape index (κ1) is 16.2. The summed E-state index contributed by atoms with van der Waals surface area (Å²) >= 11 is 1.41. The Morgan fingerprint density at radius 3 is 2.83 bits per heavy atom. The topological polar surface area (TPSA) is 69.9 Å². The quantitative estimate of drug-likeness (QED) is 0.665. The molecule has 0 saturated heterocycles. The summed E-state index contributed by atoms with van der Waals surface area (Å²) in [4.78, 5) is 29.9. The molecule has 2 aromatic heterocycles. The molecule has 2 heterocycles. The van der Waals surface area contributed by atoms with Crippen molar-refractivity contribution in [2.24, 2.45) is 0 Å². The molecule has 0 aliphatic rings.